The number of halogens is 4. The highest BCUT2D eigenvalue weighted by molar-refractivity contribution is 5.84. The fourth-order valence-electron chi connectivity index (χ4n) is 2.89. The van der Waals surface area contributed by atoms with Gasteiger partial charge >= 0.3 is 5.92 Å². The molecule has 1 N–H and O–H groups in total. The Morgan fingerprint density at radius 1 is 1.11 bits per heavy atom. The summed E-state index contributed by atoms with van der Waals surface area (Å²) in [5.74, 6) is -8.39. The van der Waals surface area contributed by atoms with Crippen LogP contribution in [0.3, 0.4) is 0 Å². The molecule has 0 spiro atoms. The molecule has 1 aliphatic rings. The molecule has 0 aliphatic carbocycles. The summed E-state index contributed by atoms with van der Waals surface area (Å²) >= 11 is 0. The normalized spacial score (nSPS) is 20.3. The molecule has 144 valence electrons. The van der Waals surface area contributed by atoms with Crippen LogP contribution in [0.25, 0.3) is 0 Å². The third-order valence-electron chi connectivity index (χ3n) is 4.33. The number of hydrogen-bond donors (Lipinski definition) is 1. The average molecular weight is 383 g/mol. The van der Waals surface area contributed by atoms with Crippen molar-refractivity contribution in [2.45, 2.75) is 11.5 Å². The molecule has 1 atom stereocenters. The molecule has 4 nitrogen and oxygen atoms in total. The zero-order valence-electron chi connectivity index (χ0n) is 14.2. The van der Waals surface area contributed by atoms with Crippen LogP contribution in [0.1, 0.15) is 11.1 Å². The quantitative estimate of drug-likeness (QED) is 0.808. The second kappa shape index (κ2) is 7.66. The maximum absolute atomic E-state index is 14.4. The van der Waals surface area contributed by atoms with Crippen molar-refractivity contribution in [3.63, 3.8) is 0 Å². The summed E-state index contributed by atoms with van der Waals surface area (Å²) in [6.45, 7) is 0.343. The summed E-state index contributed by atoms with van der Waals surface area (Å²) in [7, 11) is 0. The highest BCUT2D eigenvalue weighted by atomic mass is 19.3. The van der Waals surface area contributed by atoms with Crippen molar-refractivity contribution < 1.29 is 31.8 Å². The lowest BCUT2D eigenvalue weighted by molar-refractivity contribution is -0.168. The number of benzene rings is 2. The van der Waals surface area contributed by atoms with E-state index in [2.05, 4.69) is 5.32 Å². The van der Waals surface area contributed by atoms with Crippen LogP contribution in [0, 0.1) is 11.6 Å². The van der Waals surface area contributed by atoms with E-state index in [-0.39, 0.29) is 19.8 Å². The summed E-state index contributed by atoms with van der Waals surface area (Å²) in [6, 6.07) is 10.3. The number of hydrogen-bond acceptors (Lipinski definition) is 3. The number of rotatable bonds is 5. The summed E-state index contributed by atoms with van der Waals surface area (Å²) in [4.78, 5) is 12.1. The monoisotopic (exact) mass is 383 g/mol. The zero-order chi connectivity index (χ0) is 19.5. The van der Waals surface area contributed by atoms with Crippen LogP contribution >= 0.6 is 0 Å². The minimum absolute atomic E-state index is 0.0633. The minimum Gasteiger partial charge on any atom is -0.376 e. The Kier molecular flexibility index (Phi) is 5.48. The van der Waals surface area contributed by atoms with E-state index in [0.29, 0.717) is 30.4 Å². The van der Waals surface area contributed by atoms with Crippen LogP contribution in [0.2, 0.25) is 0 Å². The number of carbonyl (C=O) groups is 1. The highest BCUT2D eigenvalue weighted by Crippen LogP contribution is 2.32. The first kappa shape index (κ1) is 19.3. The van der Waals surface area contributed by atoms with Crippen LogP contribution in [0.5, 0.6) is 0 Å². The predicted molar refractivity (Wildman–Crippen MR) is 88.2 cm³/mol. The maximum Gasteiger partial charge on any atom is 0.352 e. The molecule has 1 saturated heterocycles. The molecule has 1 aliphatic heterocycles. The van der Waals surface area contributed by atoms with Gasteiger partial charge in [-0.05, 0) is 17.7 Å². The SMILES string of the molecule is O=C(NCC1(c2ccccc2)COCCO1)C(F)(F)c1ccc(F)cc1F. The molecule has 0 radical (unpaired) electrons. The van der Waals surface area contributed by atoms with Crippen LogP contribution in [-0.4, -0.2) is 32.3 Å². The van der Waals surface area contributed by atoms with Crippen molar-refractivity contribution >= 4 is 5.91 Å². The molecule has 1 amide bonds. The Bertz CT molecular complexity index is 808. The van der Waals surface area contributed by atoms with Crippen molar-refractivity contribution in [3.8, 4) is 0 Å². The first-order valence-corrected chi connectivity index (χ1v) is 8.24. The average Bonchev–Trinajstić information content (AvgIpc) is 2.67. The summed E-state index contributed by atoms with van der Waals surface area (Å²) in [5.41, 5.74) is -1.68. The van der Waals surface area contributed by atoms with Gasteiger partial charge in [0.15, 0.2) is 0 Å². The Labute approximate surface area is 153 Å². The lowest BCUT2D eigenvalue weighted by Gasteiger charge is -2.38. The van der Waals surface area contributed by atoms with E-state index < -0.39 is 34.6 Å². The molecule has 27 heavy (non-hydrogen) atoms. The van der Waals surface area contributed by atoms with Crippen molar-refractivity contribution in [3.05, 3.63) is 71.3 Å². The fraction of sp³-hybridized carbons (Fsp3) is 0.316. The molecule has 2 aromatic carbocycles. The van der Waals surface area contributed by atoms with Gasteiger partial charge in [-0.1, -0.05) is 30.3 Å². The van der Waals surface area contributed by atoms with E-state index in [1.807, 2.05) is 0 Å². The number of alkyl halides is 2. The number of amides is 1. The van der Waals surface area contributed by atoms with Gasteiger partial charge in [-0.3, -0.25) is 4.79 Å². The van der Waals surface area contributed by atoms with Gasteiger partial charge in [0, 0.05) is 6.07 Å². The van der Waals surface area contributed by atoms with Crippen molar-refractivity contribution in [2.75, 3.05) is 26.4 Å². The minimum atomic E-state index is -4.18. The molecule has 0 saturated carbocycles. The van der Waals surface area contributed by atoms with Crippen LogP contribution < -0.4 is 5.32 Å². The molecular weight excluding hydrogens is 366 g/mol. The summed E-state index contributed by atoms with van der Waals surface area (Å²) in [5, 5.41) is 2.12. The van der Waals surface area contributed by atoms with Gasteiger partial charge in [-0.25, -0.2) is 8.78 Å². The van der Waals surface area contributed by atoms with Gasteiger partial charge in [-0.2, -0.15) is 8.78 Å². The standard InChI is InChI=1S/C19H17F4NO3/c20-14-6-7-15(16(21)10-14)19(22,23)17(25)24-11-18(12-26-8-9-27-18)13-4-2-1-3-5-13/h1-7,10H,8-9,11-12H2,(H,24,25). The highest BCUT2D eigenvalue weighted by Gasteiger charge is 2.45. The third kappa shape index (κ3) is 3.96. The van der Waals surface area contributed by atoms with Gasteiger partial charge in [0.25, 0.3) is 5.91 Å². The van der Waals surface area contributed by atoms with Gasteiger partial charge in [0.2, 0.25) is 0 Å². The largest absolute Gasteiger partial charge is 0.376 e. The third-order valence-corrected chi connectivity index (χ3v) is 4.33. The molecule has 8 heteroatoms. The van der Waals surface area contributed by atoms with E-state index in [0.717, 1.165) is 0 Å². The van der Waals surface area contributed by atoms with Gasteiger partial charge in [0.1, 0.15) is 17.2 Å². The number of carbonyl (C=O) groups excluding carboxylic acids is 1. The zero-order valence-corrected chi connectivity index (χ0v) is 14.2. The predicted octanol–water partition coefficient (Wildman–Crippen LogP) is 3.12. The Morgan fingerprint density at radius 3 is 2.48 bits per heavy atom. The Morgan fingerprint density at radius 2 is 1.85 bits per heavy atom. The van der Waals surface area contributed by atoms with Gasteiger partial charge in [0.05, 0.1) is 31.9 Å². The van der Waals surface area contributed by atoms with E-state index in [9.17, 15) is 22.4 Å². The van der Waals surface area contributed by atoms with E-state index in [1.165, 1.54) is 0 Å². The van der Waals surface area contributed by atoms with E-state index >= 15 is 0 Å². The number of ether oxygens (including phenoxy) is 2. The first-order chi connectivity index (χ1) is 12.8. The molecule has 0 aromatic heterocycles. The van der Waals surface area contributed by atoms with E-state index in [1.54, 1.807) is 30.3 Å². The van der Waals surface area contributed by atoms with Gasteiger partial charge in [-0.15, -0.1) is 0 Å². The van der Waals surface area contributed by atoms with Crippen LogP contribution in [0.4, 0.5) is 17.6 Å². The Hall–Kier alpha value is -2.45. The number of nitrogens with one attached hydrogen (secondary N) is 1. The molecule has 3 rings (SSSR count). The van der Waals surface area contributed by atoms with Crippen molar-refractivity contribution in [2.24, 2.45) is 0 Å². The molecule has 1 fully saturated rings. The van der Waals surface area contributed by atoms with Crippen LogP contribution in [-0.2, 0) is 25.8 Å². The lowest BCUT2D eigenvalue weighted by atomic mass is 9.93. The lowest BCUT2D eigenvalue weighted by Crippen LogP contribution is -2.51. The van der Waals surface area contributed by atoms with Gasteiger partial charge < -0.3 is 14.8 Å². The summed E-state index contributed by atoms with van der Waals surface area (Å²) < 4.78 is 66.6. The topological polar surface area (TPSA) is 47.6 Å². The second-order valence-electron chi connectivity index (χ2n) is 6.14. The second-order valence-corrected chi connectivity index (χ2v) is 6.14. The van der Waals surface area contributed by atoms with E-state index in [4.69, 9.17) is 9.47 Å². The summed E-state index contributed by atoms with van der Waals surface area (Å²) in [6.07, 6.45) is 0. The van der Waals surface area contributed by atoms with Crippen molar-refractivity contribution in [1.29, 1.82) is 0 Å². The van der Waals surface area contributed by atoms with Crippen LogP contribution in [0.15, 0.2) is 48.5 Å². The maximum atomic E-state index is 14.4. The molecule has 0 bridgehead atoms. The van der Waals surface area contributed by atoms with Crippen molar-refractivity contribution in [1.82, 2.24) is 5.32 Å². The fourth-order valence-corrected chi connectivity index (χ4v) is 2.89. The molecule has 1 heterocycles. The molecule has 1 unspecified atom stereocenters. The first-order valence-electron chi connectivity index (χ1n) is 8.24. The smallest absolute Gasteiger partial charge is 0.352 e. The molecular formula is C19H17F4NO3. The molecule has 2 aromatic rings. The Balaban J connectivity index is 1.79.